The van der Waals surface area contributed by atoms with Crippen LogP contribution in [0.15, 0.2) is 23.7 Å². The second-order valence-corrected chi connectivity index (χ2v) is 6.22. The van der Waals surface area contributed by atoms with E-state index in [1.165, 1.54) is 11.3 Å². The van der Waals surface area contributed by atoms with Gasteiger partial charge in [0, 0.05) is 22.8 Å². The average Bonchev–Trinajstić information content (AvgIpc) is 2.95. The first kappa shape index (κ1) is 17.0. The molecule has 122 valence electrons. The highest BCUT2D eigenvalue weighted by Gasteiger charge is 2.18. The maximum atomic E-state index is 11.8. The van der Waals surface area contributed by atoms with Crippen molar-refractivity contribution in [2.45, 2.75) is 32.2 Å². The summed E-state index contributed by atoms with van der Waals surface area (Å²) in [4.78, 5) is 31.0. The van der Waals surface area contributed by atoms with Crippen LogP contribution in [-0.4, -0.2) is 33.0 Å². The molecule has 0 bridgehead atoms. The molecule has 0 unspecified atom stereocenters. The molecule has 1 amide bonds. The Balaban J connectivity index is 2.05. The number of carbonyl (C=O) groups is 2. The SMILES string of the molecule is CC(C)c1ccc(-c2nc(NC(=O)[C@@H](N)CC(=O)O)cs2)cn1. The lowest BCUT2D eigenvalue weighted by molar-refractivity contribution is -0.138. The summed E-state index contributed by atoms with van der Waals surface area (Å²) < 4.78 is 0. The van der Waals surface area contributed by atoms with Gasteiger partial charge in [0.2, 0.25) is 5.91 Å². The minimum Gasteiger partial charge on any atom is -0.481 e. The van der Waals surface area contributed by atoms with Gasteiger partial charge in [0.15, 0.2) is 0 Å². The number of carboxylic acids is 1. The molecule has 7 nitrogen and oxygen atoms in total. The predicted octanol–water partition coefficient (Wildman–Crippen LogP) is 2.07. The lowest BCUT2D eigenvalue weighted by Gasteiger charge is -2.07. The molecule has 2 rings (SSSR count). The van der Waals surface area contributed by atoms with Gasteiger partial charge in [-0.25, -0.2) is 4.98 Å². The minimum atomic E-state index is -1.12. The second-order valence-electron chi connectivity index (χ2n) is 5.36. The Morgan fingerprint density at radius 3 is 2.70 bits per heavy atom. The first-order valence-electron chi connectivity index (χ1n) is 7.07. The van der Waals surface area contributed by atoms with Crippen LogP contribution in [0.3, 0.4) is 0 Å². The van der Waals surface area contributed by atoms with E-state index in [0.29, 0.717) is 11.7 Å². The number of nitrogens with one attached hydrogen (secondary N) is 1. The van der Waals surface area contributed by atoms with Crippen LogP contribution in [0.5, 0.6) is 0 Å². The van der Waals surface area contributed by atoms with Crippen LogP contribution >= 0.6 is 11.3 Å². The molecule has 1 atom stereocenters. The van der Waals surface area contributed by atoms with E-state index < -0.39 is 24.3 Å². The normalized spacial score (nSPS) is 12.2. The lowest BCUT2D eigenvalue weighted by Crippen LogP contribution is -2.37. The molecule has 4 N–H and O–H groups in total. The molecule has 8 heteroatoms. The number of aliphatic carboxylic acids is 1. The minimum absolute atomic E-state index is 0.351. The number of carbonyl (C=O) groups excluding carboxylic acids is 1. The van der Waals surface area contributed by atoms with Gasteiger partial charge in [0.05, 0.1) is 12.5 Å². The number of nitrogens with two attached hydrogens (primary N) is 1. The van der Waals surface area contributed by atoms with E-state index in [1.54, 1.807) is 11.6 Å². The van der Waals surface area contributed by atoms with Crippen LogP contribution < -0.4 is 11.1 Å². The van der Waals surface area contributed by atoms with Gasteiger partial charge in [-0.3, -0.25) is 14.6 Å². The zero-order chi connectivity index (χ0) is 17.0. The van der Waals surface area contributed by atoms with Crippen molar-refractivity contribution < 1.29 is 14.7 Å². The Morgan fingerprint density at radius 2 is 2.13 bits per heavy atom. The molecule has 2 heterocycles. The average molecular weight is 334 g/mol. The lowest BCUT2D eigenvalue weighted by atomic mass is 10.1. The maximum Gasteiger partial charge on any atom is 0.305 e. The molecule has 0 spiro atoms. The summed E-state index contributed by atoms with van der Waals surface area (Å²) in [5.41, 5.74) is 7.36. The largest absolute Gasteiger partial charge is 0.481 e. The van der Waals surface area contributed by atoms with Gasteiger partial charge >= 0.3 is 5.97 Å². The Labute approximate surface area is 137 Å². The van der Waals surface area contributed by atoms with Crippen molar-refractivity contribution in [3.63, 3.8) is 0 Å². The van der Waals surface area contributed by atoms with Crippen LogP contribution in [0.25, 0.3) is 10.6 Å². The Bertz CT molecular complexity index is 697. The molecule has 0 aliphatic rings. The van der Waals surface area contributed by atoms with Crippen molar-refractivity contribution in [1.29, 1.82) is 0 Å². The van der Waals surface area contributed by atoms with Gasteiger partial charge < -0.3 is 16.2 Å². The molecule has 23 heavy (non-hydrogen) atoms. The topological polar surface area (TPSA) is 118 Å². The zero-order valence-electron chi connectivity index (χ0n) is 12.8. The van der Waals surface area contributed by atoms with E-state index in [2.05, 4.69) is 29.1 Å². The van der Waals surface area contributed by atoms with Crippen LogP contribution in [0, 0.1) is 0 Å². The number of hydrogen-bond acceptors (Lipinski definition) is 6. The van der Waals surface area contributed by atoms with Gasteiger partial charge in [-0.05, 0) is 18.1 Å². The fraction of sp³-hybridized carbons (Fsp3) is 0.333. The van der Waals surface area contributed by atoms with E-state index in [0.717, 1.165) is 16.3 Å². The van der Waals surface area contributed by atoms with E-state index in [1.807, 2.05) is 12.1 Å². The third kappa shape index (κ3) is 4.57. The van der Waals surface area contributed by atoms with Crippen molar-refractivity contribution in [1.82, 2.24) is 9.97 Å². The third-order valence-electron chi connectivity index (χ3n) is 3.11. The van der Waals surface area contributed by atoms with Gasteiger partial charge in [0.1, 0.15) is 10.8 Å². The predicted molar refractivity (Wildman–Crippen MR) is 88.3 cm³/mol. The van der Waals surface area contributed by atoms with E-state index >= 15 is 0 Å². The summed E-state index contributed by atoms with van der Waals surface area (Å²) in [5.74, 6) is -0.991. The zero-order valence-corrected chi connectivity index (χ0v) is 13.6. The number of rotatable bonds is 6. The fourth-order valence-electron chi connectivity index (χ4n) is 1.84. The monoisotopic (exact) mass is 334 g/mol. The summed E-state index contributed by atoms with van der Waals surface area (Å²) in [5, 5.41) is 13.5. The van der Waals surface area contributed by atoms with Gasteiger partial charge in [-0.2, -0.15) is 0 Å². The highest BCUT2D eigenvalue weighted by atomic mass is 32.1. The quantitative estimate of drug-likeness (QED) is 0.744. The second kappa shape index (κ2) is 7.30. The molecule has 2 aromatic rings. The summed E-state index contributed by atoms with van der Waals surface area (Å²) in [7, 11) is 0. The molecule has 0 radical (unpaired) electrons. The number of nitrogens with zero attached hydrogens (tertiary/aromatic N) is 2. The van der Waals surface area contributed by atoms with E-state index in [4.69, 9.17) is 10.8 Å². The fourth-order valence-corrected chi connectivity index (χ4v) is 2.58. The van der Waals surface area contributed by atoms with E-state index in [9.17, 15) is 9.59 Å². The molecular formula is C15H18N4O3S. The number of thiazole rings is 1. The molecule has 0 aliphatic heterocycles. The summed E-state index contributed by atoms with van der Waals surface area (Å²) in [6.07, 6.45) is 1.32. The van der Waals surface area contributed by atoms with Gasteiger partial charge in [0.25, 0.3) is 0 Å². The highest BCUT2D eigenvalue weighted by molar-refractivity contribution is 7.13. The summed E-state index contributed by atoms with van der Waals surface area (Å²) in [6.45, 7) is 4.14. The van der Waals surface area contributed by atoms with Crippen molar-refractivity contribution in [3.8, 4) is 10.6 Å². The molecule has 2 aromatic heterocycles. The number of amides is 1. The maximum absolute atomic E-state index is 11.8. The van der Waals surface area contributed by atoms with Crippen LogP contribution in [0.1, 0.15) is 31.9 Å². The Morgan fingerprint density at radius 1 is 1.39 bits per heavy atom. The van der Waals surface area contributed by atoms with Gasteiger partial charge in [-0.15, -0.1) is 11.3 Å². The van der Waals surface area contributed by atoms with Gasteiger partial charge in [-0.1, -0.05) is 13.8 Å². The summed E-state index contributed by atoms with van der Waals surface area (Å²) in [6, 6.07) is 2.77. The molecular weight excluding hydrogens is 316 g/mol. The number of pyridine rings is 1. The first-order chi connectivity index (χ1) is 10.9. The van der Waals surface area contributed by atoms with Crippen LogP contribution in [0.2, 0.25) is 0 Å². The third-order valence-corrected chi connectivity index (χ3v) is 4.00. The standard InChI is InChI=1S/C15H18N4O3S/c1-8(2)11-4-3-9(6-17-11)15-19-12(7-23-15)18-14(22)10(16)5-13(20)21/h3-4,6-8,10H,5,16H2,1-2H3,(H,18,22)(H,20,21)/t10-/m0/s1. The van der Waals surface area contributed by atoms with Crippen molar-refractivity contribution in [2.24, 2.45) is 5.73 Å². The van der Waals surface area contributed by atoms with E-state index in [-0.39, 0.29) is 0 Å². The molecule has 0 saturated heterocycles. The number of carboxylic acid groups (broad SMARTS) is 1. The van der Waals surface area contributed by atoms with Crippen molar-refractivity contribution in [2.75, 3.05) is 5.32 Å². The smallest absolute Gasteiger partial charge is 0.305 e. The molecule has 0 aromatic carbocycles. The van der Waals surface area contributed by atoms with Crippen LogP contribution in [-0.2, 0) is 9.59 Å². The number of hydrogen-bond donors (Lipinski definition) is 3. The van der Waals surface area contributed by atoms with Crippen molar-refractivity contribution in [3.05, 3.63) is 29.4 Å². The molecule has 0 aliphatic carbocycles. The summed E-state index contributed by atoms with van der Waals surface area (Å²) >= 11 is 1.36. The molecule has 0 fully saturated rings. The Kier molecular flexibility index (Phi) is 5.41. The highest BCUT2D eigenvalue weighted by Crippen LogP contribution is 2.26. The number of aromatic nitrogens is 2. The Hall–Kier alpha value is -2.32. The van der Waals surface area contributed by atoms with Crippen LogP contribution in [0.4, 0.5) is 5.82 Å². The molecule has 0 saturated carbocycles. The van der Waals surface area contributed by atoms with Crippen molar-refractivity contribution >= 4 is 29.0 Å². The number of anilines is 1. The first-order valence-corrected chi connectivity index (χ1v) is 7.95.